The molecule has 0 saturated carbocycles. The maximum atomic E-state index is 12.0. The zero-order valence-corrected chi connectivity index (χ0v) is 14.5. The third-order valence-electron chi connectivity index (χ3n) is 4.20. The van der Waals surface area contributed by atoms with Gasteiger partial charge in [-0.1, -0.05) is 18.2 Å². The zero-order valence-electron chi connectivity index (χ0n) is 14.5. The van der Waals surface area contributed by atoms with Crippen LogP contribution in [0.4, 0.5) is 5.69 Å². The maximum absolute atomic E-state index is 12.0. The summed E-state index contributed by atoms with van der Waals surface area (Å²) in [7, 11) is 0. The van der Waals surface area contributed by atoms with Crippen molar-refractivity contribution in [1.29, 1.82) is 0 Å². The molecule has 2 aromatic carbocycles. The second kappa shape index (κ2) is 7.38. The van der Waals surface area contributed by atoms with Gasteiger partial charge in [-0.05, 0) is 55.7 Å². The van der Waals surface area contributed by atoms with Crippen LogP contribution < -0.4 is 14.4 Å². The van der Waals surface area contributed by atoms with Gasteiger partial charge in [0, 0.05) is 18.7 Å². The molecule has 1 amide bonds. The normalized spacial score (nSPS) is 13.8. The van der Waals surface area contributed by atoms with E-state index in [0.29, 0.717) is 17.9 Å². The number of ether oxygens (including phenoxy) is 2. The molecule has 0 atom stereocenters. The molecule has 1 aliphatic rings. The summed E-state index contributed by atoms with van der Waals surface area (Å²) in [6.07, 6.45) is 1.49. The Morgan fingerprint density at radius 3 is 2.36 bits per heavy atom. The van der Waals surface area contributed by atoms with Gasteiger partial charge in [0.2, 0.25) is 5.91 Å². The second-order valence-electron chi connectivity index (χ2n) is 6.13. The third kappa shape index (κ3) is 3.99. The molecule has 5 heteroatoms. The van der Waals surface area contributed by atoms with E-state index in [1.807, 2.05) is 44.2 Å². The van der Waals surface area contributed by atoms with Gasteiger partial charge >= 0.3 is 5.97 Å². The average molecular weight is 339 g/mol. The number of aryl methyl sites for hydroxylation is 2. The Morgan fingerprint density at radius 2 is 1.76 bits per heavy atom. The summed E-state index contributed by atoms with van der Waals surface area (Å²) in [5.41, 5.74) is 2.67. The molecular formula is C20H21NO4. The lowest BCUT2D eigenvalue weighted by Crippen LogP contribution is -2.23. The number of carbonyl (C=O) groups excluding carboxylic acids is 2. The van der Waals surface area contributed by atoms with Crippen molar-refractivity contribution in [2.75, 3.05) is 18.1 Å². The van der Waals surface area contributed by atoms with E-state index in [-0.39, 0.29) is 12.5 Å². The highest BCUT2D eigenvalue weighted by molar-refractivity contribution is 5.95. The smallest absolute Gasteiger partial charge is 0.349 e. The van der Waals surface area contributed by atoms with Gasteiger partial charge < -0.3 is 14.4 Å². The largest absolute Gasteiger partial charge is 0.482 e. The molecule has 3 rings (SSSR count). The van der Waals surface area contributed by atoms with E-state index in [4.69, 9.17) is 9.47 Å². The Labute approximate surface area is 147 Å². The molecule has 1 saturated heterocycles. The number of hydrogen-bond donors (Lipinski definition) is 0. The van der Waals surface area contributed by atoms with Gasteiger partial charge in [-0.15, -0.1) is 0 Å². The van der Waals surface area contributed by atoms with E-state index < -0.39 is 5.97 Å². The van der Waals surface area contributed by atoms with Crippen LogP contribution >= 0.6 is 0 Å². The molecule has 0 N–H and O–H groups in total. The van der Waals surface area contributed by atoms with Gasteiger partial charge in [0.05, 0.1) is 0 Å². The summed E-state index contributed by atoms with van der Waals surface area (Å²) in [5.74, 6) is 0.842. The van der Waals surface area contributed by atoms with Crippen LogP contribution in [0.15, 0.2) is 42.5 Å². The number of benzene rings is 2. The Bertz CT molecular complexity index is 763. The van der Waals surface area contributed by atoms with Gasteiger partial charge in [-0.3, -0.25) is 4.79 Å². The Morgan fingerprint density at radius 1 is 1.08 bits per heavy atom. The first-order chi connectivity index (χ1) is 12.0. The first-order valence-electron chi connectivity index (χ1n) is 8.35. The lowest BCUT2D eigenvalue weighted by atomic mass is 10.1. The lowest BCUT2D eigenvalue weighted by molar-refractivity contribution is -0.136. The quantitative estimate of drug-likeness (QED) is 0.619. The van der Waals surface area contributed by atoms with Gasteiger partial charge in [-0.25, -0.2) is 4.79 Å². The second-order valence-corrected chi connectivity index (χ2v) is 6.13. The van der Waals surface area contributed by atoms with Crippen LogP contribution in [-0.2, 0) is 9.59 Å². The van der Waals surface area contributed by atoms with Crippen LogP contribution in [0.2, 0.25) is 0 Å². The van der Waals surface area contributed by atoms with Crippen LogP contribution in [0.5, 0.6) is 11.5 Å². The van der Waals surface area contributed by atoms with Crippen molar-refractivity contribution in [3.8, 4) is 11.5 Å². The summed E-state index contributed by atoms with van der Waals surface area (Å²) >= 11 is 0. The summed E-state index contributed by atoms with van der Waals surface area (Å²) in [6.45, 7) is 4.38. The number of hydrogen-bond acceptors (Lipinski definition) is 4. The average Bonchev–Trinajstić information content (AvgIpc) is 3.03. The predicted octanol–water partition coefficient (Wildman–Crippen LogP) is 3.41. The number of rotatable bonds is 5. The van der Waals surface area contributed by atoms with E-state index in [1.165, 1.54) is 0 Å². The SMILES string of the molecule is Cc1cccc(C)c1OC(=O)COc1ccc(N2CCCC2=O)cc1. The molecule has 0 unspecified atom stereocenters. The number of para-hydroxylation sites is 1. The van der Waals surface area contributed by atoms with E-state index in [0.717, 1.165) is 29.8 Å². The van der Waals surface area contributed by atoms with Gasteiger partial charge in [0.1, 0.15) is 11.5 Å². The third-order valence-corrected chi connectivity index (χ3v) is 4.20. The fraction of sp³-hybridized carbons (Fsp3) is 0.300. The zero-order chi connectivity index (χ0) is 17.8. The Hall–Kier alpha value is -2.82. The standard InChI is InChI=1S/C20H21NO4/c1-14-5-3-6-15(2)20(14)25-19(23)13-24-17-10-8-16(9-11-17)21-12-4-7-18(21)22/h3,5-6,8-11H,4,7,12-13H2,1-2H3. The first kappa shape index (κ1) is 17.0. The minimum atomic E-state index is -0.448. The fourth-order valence-electron chi connectivity index (χ4n) is 2.89. The summed E-state index contributed by atoms with van der Waals surface area (Å²) in [6, 6.07) is 12.9. The molecule has 0 spiro atoms. The highest BCUT2D eigenvalue weighted by Gasteiger charge is 2.21. The van der Waals surface area contributed by atoms with E-state index >= 15 is 0 Å². The molecule has 1 aliphatic heterocycles. The maximum Gasteiger partial charge on any atom is 0.349 e. The molecule has 0 bridgehead atoms. The minimum Gasteiger partial charge on any atom is -0.482 e. The van der Waals surface area contributed by atoms with Crippen molar-refractivity contribution in [2.45, 2.75) is 26.7 Å². The Balaban J connectivity index is 1.56. The molecule has 2 aromatic rings. The van der Waals surface area contributed by atoms with Crippen molar-refractivity contribution in [3.05, 3.63) is 53.6 Å². The molecule has 1 heterocycles. The van der Waals surface area contributed by atoms with Crippen molar-refractivity contribution in [3.63, 3.8) is 0 Å². The summed E-state index contributed by atoms with van der Waals surface area (Å²) < 4.78 is 10.9. The predicted molar refractivity (Wildman–Crippen MR) is 95.1 cm³/mol. The van der Waals surface area contributed by atoms with E-state index in [2.05, 4.69) is 0 Å². The van der Waals surface area contributed by atoms with Gasteiger partial charge in [0.15, 0.2) is 6.61 Å². The molecule has 25 heavy (non-hydrogen) atoms. The molecule has 0 radical (unpaired) electrons. The van der Waals surface area contributed by atoms with Gasteiger partial charge in [-0.2, -0.15) is 0 Å². The summed E-state index contributed by atoms with van der Waals surface area (Å²) in [5, 5.41) is 0. The molecule has 5 nitrogen and oxygen atoms in total. The number of nitrogens with zero attached hydrogens (tertiary/aromatic N) is 1. The molecule has 0 aromatic heterocycles. The molecule has 130 valence electrons. The lowest BCUT2D eigenvalue weighted by Gasteiger charge is -2.16. The fourth-order valence-corrected chi connectivity index (χ4v) is 2.89. The molecular weight excluding hydrogens is 318 g/mol. The van der Waals surface area contributed by atoms with Crippen molar-refractivity contribution < 1.29 is 19.1 Å². The topological polar surface area (TPSA) is 55.8 Å². The van der Waals surface area contributed by atoms with Crippen LogP contribution in [0.1, 0.15) is 24.0 Å². The molecule has 0 aliphatic carbocycles. The summed E-state index contributed by atoms with van der Waals surface area (Å²) in [4.78, 5) is 25.5. The van der Waals surface area contributed by atoms with Crippen molar-refractivity contribution in [1.82, 2.24) is 0 Å². The van der Waals surface area contributed by atoms with Gasteiger partial charge in [0.25, 0.3) is 0 Å². The number of anilines is 1. The van der Waals surface area contributed by atoms with Crippen LogP contribution in [0, 0.1) is 13.8 Å². The number of esters is 1. The minimum absolute atomic E-state index is 0.144. The van der Waals surface area contributed by atoms with E-state index in [1.54, 1.807) is 17.0 Å². The van der Waals surface area contributed by atoms with Crippen LogP contribution in [-0.4, -0.2) is 25.0 Å². The highest BCUT2D eigenvalue weighted by Crippen LogP contribution is 2.25. The number of amides is 1. The Kier molecular flexibility index (Phi) is 5.03. The van der Waals surface area contributed by atoms with Crippen LogP contribution in [0.25, 0.3) is 0 Å². The van der Waals surface area contributed by atoms with Crippen molar-refractivity contribution in [2.24, 2.45) is 0 Å². The first-order valence-corrected chi connectivity index (χ1v) is 8.35. The van der Waals surface area contributed by atoms with Crippen molar-refractivity contribution >= 4 is 17.6 Å². The molecule has 1 fully saturated rings. The number of carbonyl (C=O) groups is 2. The monoisotopic (exact) mass is 339 g/mol. The van der Waals surface area contributed by atoms with E-state index in [9.17, 15) is 9.59 Å². The highest BCUT2D eigenvalue weighted by atomic mass is 16.6. The van der Waals surface area contributed by atoms with Crippen LogP contribution in [0.3, 0.4) is 0 Å².